The van der Waals surface area contributed by atoms with E-state index in [0.29, 0.717) is 17.2 Å². The maximum atomic E-state index is 12.3. The van der Waals surface area contributed by atoms with Crippen LogP contribution < -0.4 is 5.32 Å². The third-order valence-corrected chi connectivity index (χ3v) is 4.39. The van der Waals surface area contributed by atoms with Crippen molar-refractivity contribution in [3.05, 3.63) is 16.5 Å². The molecule has 0 aliphatic rings. The largest absolute Gasteiger partial charge is 0.456 e. The van der Waals surface area contributed by atoms with Crippen LogP contribution in [-0.4, -0.2) is 24.3 Å². The molecule has 0 aromatic carbocycles. The molecule has 0 atom stereocenters. The zero-order chi connectivity index (χ0) is 18.9. The average Bonchev–Trinajstić information content (AvgIpc) is 2.85. The van der Waals surface area contributed by atoms with E-state index in [4.69, 9.17) is 9.47 Å². The number of amides is 1. The number of anilines is 1. The smallest absolute Gasteiger partial charge is 0.412 e. The van der Waals surface area contributed by atoms with E-state index in [1.54, 1.807) is 6.07 Å². The highest BCUT2D eigenvalue weighted by atomic mass is 32.1. The van der Waals surface area contributed by atoms with Crippen molar-refractivity contribution in [2.75, 3.05) is 11.9 Å². The second-order valence-electron chi connectivity index (χ2n) is 7.13. The zero-order valence-electron chi connectivity index (χ0n) is 16.1. The number of esters is 1. The van der Waals surface area contributed by atoms with Crippen LogP contribution in [0.4, 0.5) is 9.80 Å². The Bertz CT molecular complexity index is 560. The van der Waals surface area contributed by atoms with Crippen molar-refractivity contribution < 1.29 is 19.1 Å². The molecule has 0 bridgehead atoms. The fourth-order valence-electron chi connectivity index (χ4n) is 2.27. The Kier molecular flexibility index (Phi) is 8.97. The van der Waals surface area contributed by atoms with Gasteiger partial charge in [-0.1, -0.05) is 39.0 Å². The zero-order valence-corrected chi connectivity index (χ0v) is 16.9. The normalized spacial score (nSPS) is 11.2. The van der Waals surface area contributed by atoms with Crippen LogP contribution in [0.25, 0.3) is 0 Å². The molecule has 1 aromatic heterocycles. The molecule has 0 saturated heterocycles. The first-order valence-corrected chi connectivity index (χ1v) is 9.82. The second-order valence-corrected chi connectivity index (χ2v) is 8.39. The van der Waals surface area contributed by atoms with Crippen LogP contribution >= 0.6 is 11.3 Å². The fourth-order valence-corrected chi connectivity index (χ4v) is 3.15. The van der Waals surface area contributed by atoms with Crippen molar-refractivity contribution in [1.29, 1.82) is 0 Å². The van der Waals surface area contributed by atoms with E-state index in [0.717, 1.165) is 17.7 Å². The highest BCUT2D eigenvalue weighted by Crippen LogP contribution is 2.29. The number of hydrogen-bond acceptors (Lipinski definition) is 5. The lowest BCUT2D eigenvalue weighted by atomic mass is 10.1. The van der Waals surface area contributed by atoms with Gasteiger partial charge in [-0.3, -0.25) is 5.32 Å². The maximum absolute atomic E-state index is 12.3. The SMILES string of the molecule is CCCCCCCCOC(=O)Nc1sc(C)cc1C(=O)OC(C)(C)C. The summed E-state index contributed by atoms with van der Waals surface area (Å²) < 4.78 is 10.6. The Balaban J connectivity index is 2.45. The van der Waals surface area contributed by atoms with Gasteiger partial charge in [-0.15, -0.1) is 11.3 Å². The Morgan fingerprint density at radius 1 is 1.12 bits per heavy atom. The van der Waals surface area contributed by atoms with Gasteiger partial charge >= 0.3 is 12.1 Å². The summed E-state index contributed by atoms with van der Waals surface area (Å²) in [5, 5.41) is 3.14. The summed E-state index contributed by atoms with van der Waals surface area (Å²) in [6, 6.07) is 1.72. The van der Waals surface area contributed by atoms with E-state index in [1.807, 2.05) is 27.7 Å². The molecular formula is C19H31NO4S. The molecule has 0 saturated carbocycles. The van der Waals surface area contributed by atoms with Gasteiger partial charge in [0.1, 0.15) is 10.6 Å². The Morgan fingerprint density at radius 3 is 2.40 bits per heavy atom. The van der Waals surface area contributed by atoms with E-state index < -0.39 is 17.7 Å². The topological polar surface area (TPSA) is 64.6 Å². The summed E-state index contributed by atoms with van der Waals surface area (Å²) in [7, 11) is 0. The third-order valence-electron chi connectivity index (χ3n) is 3.42. The number of nitrogens with one attached hydrogen (secondary N) is 1. The van der Waals surface area contributed by atoms with Crippen LogP contribution in [-0.2, 0) is 9.47 Å². The number of carbonyl (C=O) groups is 2. The summed E-state index contributed by atoms with van der Waals surface area (Å²) >= 11 is 1.34. The highest BCUT2D eigenvalue weighted by molar-refractivity contribution is 7.16. The number of hydrogen-bond donors (Lipinski definition) is 1. The van der Waals surface area contributed by atoms with Gasteiger partial charge in [0, 0.05) is 4.88 Å². The van der Waals surface area contributed by atoms with E-state index in [1.165, 1.54) is 37.0 Å². The van der Waals surface area contributed by atoms with Crippen LogP contribution in [0.15, 0.2) is 6.07 Å². The van der Waals surface area contributed by atoms with Crippen LogP contribution in [0.5, 0.6) is 0 Å². The van der Waals surface area contributed by atoms with E-state index in [2.05, 4.69) is 12.2 Å². The molecule has 1 amide bonds. The maximum Gasteiger partial charge on any atom is 0.412 e. The van der Waals surface area contributed by atoms with Crippen molar-refractivity contribution in [3.8, 4) is 0 Å². The van der Waals surface area contributed by atoms with E-state index >= 15 is 0 Å². The predicted molar refractivity (Wildman–Crippen MR) is 103 cm³/mol. The average molecular weight is 370 g/mol. The molecule has 1 aromatic rings. The van der Waals surface area contributed by atoms with Crippen LogP contribution in [0.2, 0.25) is 0 Å². The van der Waals surface area contributed by atoms with Gasteiger partial charge in [-0.25, -0.2) is 9.59 Å². The highest BCUT2D eigenvalue weighted by Gasteiger charge is 2.23. The number of aryl methyl sites for hydroxylation is 1. The molecule has 6 heteroatoms. The third kappa shape index (κ3) is 8.91. The lowest BCUT2D eigenvalue weighted by Crippen LogP contribution is -2.24. The molecule has 25 heavy (non-hydrogen) atoms. The number of ether oxygens (including phenoxy) is 2. The number of unbranched alkanes of at least 4 members (excludes halogenated alkanes) is 5. The van der Waals surface area contributed by atoms with Crippen molar-refractivity contribution in [1.82, 2.24) is 0 Å². The second kappa shape index (κ2) is 10.4. The predicted octanol–water partition coefficient (Wildman–Crippen LogP) is 5.92. The van der Waals surface area contributed by atoms with Gasteiger partial charge in [-0.05, 0) is 40.2 Å². The number of thiophene rings is 1. The molecule has 1 N–H and O–H groups in total. The summed E-state index contributed by atoms with van der Waals surface area (Å²) in [6.45, 7) is 9.89. The summed E-state index contributed by atoms with van der Waals surface area (Å²) in [5.74, 6) is -0.442. The van der Waals surface area contributed by atoms with Gasteiger partial charge in [-0.2, -0.15) is 0 Å². The summed E-state index contributed by atoms with van der Waals surface area (Å²) in [6.07, 6.45) is 6.28. The Hall–Kier alpha value is -1.56. The van der Waals surface area contributed by atoms with E-state index in [9.17, 15) is 9.59 Å². The van der Waals surface area contributed by atoms with Crippen LogP contribution in [0.1, 0.15) is 81.5 Å². The molecule has 0 aliphatic heterocycles. The van der Waals surface area contributed by atoms with E-state index in [-0.39, 0.29) is 0 Å². The molecule has 142 valence electrons. The minimum atomic E-state index is -0.581. The molecular weight excluding hydrogens is 338 g/mol. The molecule has 0 radical (unpaired) electrons. The Labute approximate surface area is 155 Å². The molecule has 0 spiro atoms. The first kappa shape index (κ1) is 21.5. The van der Waals surface area contributed by atoms with Crippen LogP contribution in [0.3, 0.4) is 0 Å². The molecule has 1 rings (SSSR count). The van der Waals surface area contributed by atoms with Crippen LogP contribution in [0, 0.1) is 6.92 Å². The number of carbonyl (C=O) groups excluding carboxylic acids is 2. The molecule has 0 aliphatic carbocycles. The van der Waals surface area contributed by atoms with Crippen molar-refractivity contribution in [3.63, 3.8) is 0 Å². The lowest BCUT2D eigenvalue weighted by Gasteiger charge is -2.19. The lowest BCUT2D eigenvalue weighted by molar-refractivity contribution is 0.00712. The first-order chi connectivity index (χ1) is 11.7. The van der Waals surface area contributed by atoms with Gasteiger partial charge in [0.2, 0.25) is 0 Å². The molecule has 0 fully saturated rings. The van der Waals surface area contributed by atoms with Gasteiger partial charge < -0.3 is 9.47 Å². The van der Waals surface area contributed by atoms with Crippen molar-refractivity contribution in [2.45, 2.75) is 78.7 Å². The quantitative estimate of drug-likeness (QED) is 0.433. The van der Waals surface area contributed by atoms with Crippen molar-refractivity contribution >= 4 is 28.4 Å². The Morgan fingerprint density at radius 2 is 1.76 bits per heavy atom. The molecule has 1 heterocycles. The van der Waals surface area contributed by atoms with Crippen molar-refractivity contribution in [2.24, 2.45) is 0 Å². The molecule has 5 nitrogen and oxygen atoms in total. The minimum Gasteiger partial charge on any atom is -0.456 e. The fraction of sp³-hybridized carbons (Fsp3) is 0.684. The van der Waals surface area contributed by atoms with Gasteiger partial charge in [0.25, 0.3) is 0 Å². The first-order valence-electron chi connectivity index (χ1n) is 9.00. The molecule has 0 unspecified atom stereocenters. The monoisotopic (exact) mass is 369 g/mol. The summed E-state index contributed by atoms with van der Waals surface area (Å²) in [4.78, 5) is 25.1. The minimum absolute atomic E-state index is 0.369. The standard InChI is InChI=1S/C19H31NO4S/c1-6-7-8-9-10-11-12-23-18(22)20-16-15(13-14(2)25-16)17(21)24-19(3,4)5/h13H,6-12H2,1-5H3,(H,20,22). The van der Waals surface area contributed by atoms with Gasteiger partial charge in [0.15, 0.2) is 0 Å². The number of rotatable bonds is 9. The van der Waals surface area contributed by atoms with Gasteiger partial charge in [0.05, 0.1) is 12.2 Å². The summed E-state index contributed by atoms with van der Waals surface area (Å²) in [5.41, 5.74) is -0.211.